The van der Waals surface area contributed by atoms with Crippen molar-refractivity contribution in [2.24, 2.45) is 0 Å². The van der Waals surface area contributed by atoms with Crippen molar-refractivity contribution in [3.8, 4) is 0 Å². The normalized spacial score (nSPS) is 18.4. The molecule has 0 saturated carbocycles. The first kappa shape index (κ1) is 13.3. The molecule has 106 valence electrons. The molecule has 5 nitrogen and oxygen atoms in total. The zero-order chi connectivity index (χ0) is 14.8. The zero-order valence-corrected chi connectivity index (χ0v) is 11.2. The van der Waals surface area contributed by atoms with Gasteiger partial charge in [0.1, 0.15) is 12.8 Å². The molecule has 3 rings (SSSR count). The Bertz CT molecular complexity index is 600. The number of anilines is 1. The van der Waals surface area contributed by atoms with Crippen molar-refractivity contribution in [3.05, 3.63) is 66.2 Å². The Morgan fingerprint density at radius 2 is 1.48 bits per heavy atom. The fourth-order valence-corrected chi connectivity index (χ4v) is 2.50. The molecule has 5 heteroatoms. The zero-order valence-electron chi connectivity index (χ0n) is 11.2. The molecule has 1 unspecified atom stereocenters. The minimum atomic E-state index is -0.742. The van der Waals surface area contributed by atoms with E-state index in [0.29, 0.717) is 5.69 Å². The lowest BCUT2D eigenvalue weighted by molar-refractivity contribution is -0.129. The number of urea groups is 1. The van der Waals surface area contributed by atoms with Gasteiger partial charge in [0.05, 0.1) is 0 Å². The largest absolute Gasteiger partial charge is 0.376 e. The number of carbonyl (C=O) groups is 2. The van der Waals surface area contributed by atoms with Gasteiger partial charge in [0, 0.05) is 5.69 Å². The molecule has 1 heterocycles. The van der Waals surface area contributed by atoms with Crippen LogP contribution in [0.4, 0.5) is 10.5 Å². The third-order valence-electron chi connectivity index (χ3n) is 3.49. The van der Waals surface area contributed by atoms with Gasteiger partial charge in [0.15, 0.2) is 0 Å². The summed E-state index contributed by atoms with van der Waals surface area (Å²) in [5.74, 6) is -0.419. The average Bonchev–Trinajstić information content (AvgIpc) is 2.79. The van der Waals surface area contributed by atoms with Crippen molar-refractivity contribution in [2.75, 3.05) is 11.6 Å². The lowest BCUT2D eigenvalue weighted by Crippen LogP contribution is -2.33. The number of amides is 3. The van der Waals surface area contributed by atoms with Crippen LogP contribution in [0.3, 0.4) is 0 Å². The second-order valence-electron chi connectivity index (χ2n) is 4.71. The molecule has 1 aliphatic heterocycles. The van der Waals surface area contributed by atoms with Gasteiger partial charge in [0.2, 0.25) is 0 Å². The first-order chi connectivity index (χ1) is 10.2. The molecule has 0 aliphatic carbocycles. The van der Waals surface area contributed by atoms with Gasteiger partial charge in [-0.1, -0.05) is 48.5 Å². The lowest BCUT2D eigenvalue weighted by Gasteiger charge is -2.22. The average molecular weight is 282 g/mol. The second-order valence-corrected chi connectivity index (χ2v) is 4.71. The fraction of sp³-hybridized carbons (Fsp3) is 0.125. The predicted molar refractivity (Wildman–Crippen MR) is 77.4 cm³/mol. The number of aliphatic hydroxyl groups excluding tert-OH is 1. The summed E-state index contributed by atoms with van der Waals surface area (Å²) in [7, 11) is 0. The number of nitrogens with zero attached hydrogens (tertiary/aromatic N) is 2. The minimum Gasteiger partial charge on any atom is -0.376 e. The molecule has 0 bridgehead atoms. The van der Waals surface area contributed by atoms with Crippen LogP contribution >= 0.6 is 0 Å². The van der Waals surface area contributed by atoms with Crippen LogP contribution < -0.4 is 4.90 Å². The Balaban J connectivity index is 2.10. The van der Waals surface area contributed by atoms with E-state index in [0.717, 1.165) is 10.5 Å². The summed E-state index contributed by atoms with van der Waals surface area (Å²) in [4.78, 5) is 27.1. The fourth-order valence-electron chi connectivity index (χ4n) is 2.50. The molecule has 1 aliphatic rings. The highest BCUT2D eigenvalue weighted by atomic mass is 16.3. The summed E-state index contributed by atoms with van der Waals surface area (Å²) in [5.41, 5.74) is 1.34. The maximum absolute atomic E-state index is 12.4. The molecular weight excluding hydrogens is 268 g/mol. The third kappa shape index (κ3) is 2.17. The van der Waals surface area contributed by atoms with Crippen molar-refractivity contribution in [3.63, 3.8) is 0 Å². The summed E-state index contributed by atoms with van der Waals surface area (Å²) in [6.45, 7) is -0.621. The SMILES string of the molecule is O=C1C(c2ccccc2)N(c2ccccc2)C(=O)N1CO. The predicted octanol–water partition coefficient (Wildman–Crippen LogP) is 2.15. The summed E-state index contributed by atoms with van der Waals surface area (Å²) >= 11 is 0. The molecule has 3 amide bonds. The number of hydrogen-bond acceptors (Lipinski definition) is 3. The molecular formula is C16H14N2O3. The Kier molecular flexibility index (Phi) is 3.41. The maximum atomic E-state index is 12.4. The van der Waals surface area contributed by atoms with Crippen LogP contribution in [-0.4, -0.2) is 28.7 Å². The van der Waals surface area contributed by atoms with E-state index in [2.05, 4.69) is 0 Å². The monoisotopic (exact) mass is 282 g/mol. The van der Waals surface area contributed by atoms with Gasteiger partial charge in [-0.15, -0.1) is 0 Å². The van der Waals surface area contributed by atoms with E-state index in [4.69, 9.17) is 0 Å². The van der Waals surface area contributed by atoms with E-state index in [1.165, 1.54) is 4.90 Å². The third-order valence-corrected chi connectivity index (χ3v) is 3.49. The quantitative estimate of drug-likeness (QED) is 0.877. The van der Waals surface area contributed by atoms with Gasteiger partial charge >= 0.3 is 6.03 Å². The van der Waals surface area contributed by atoms with Gasteiger partial charge < -0.3 is 5.11 Å². The van der Waals surface area contributed by atoms with Crippen molar-refractivity contribution in [1.82, 2.24) is 4.90 Å². The number of benzene rings is 2. The minimum absolute atomic E-state index is 0.419. The number of para-hydroxylation sites is 1. The van der Waals surface area contributed by atoms with Gasteiger partial charge in [0.25, 0.3) is 5.91 Å². The maximum Gasteiger partial charge on any atom is 0.334 e. The molecule has 1 atom stereocenters. The standard InChI is InChI=1S/C16H14N2O3/c19-11-17-15(20)14(12-7-3-1-4-8-12)18(16(17)21)13-9-5-2-6-10-13/h1-10,14,19H,11H2. The molecule has 21 heavy (non-hydrogen) atoms. The number of rotatable bonds is 3. The molecule has 1 fully saturated rings. The van der Waals surface area contributed by atoms with Crippen LogP contribution in [0.25, 0.3) is 0 Å². The number of aliphatic hydroxyl groups is 1. The molecule has 0 spiro atoms. The number of hydrogen-bond donors (Lipinski definition) is 1. The van der Waals surface area contributed by atoms with Crippen molar-refractivity contribution >= 4 is 17.6 Å². The lowest BCUT2D eigenvalue weighted by atomic mass is 10.1. The van der Waals surface area contributed by atoms with E-state index < -0.39 is 24.7 Å². The van der Waals surface area contributed by atoms with Gasteiger partial charge in [-0.3, -0.25) is 9.69 Å². The topological polar surface area (TPSA) is 60.9 Å². The Morgan fingerprint density at radius 1 is 0.905 bits per heavy atom. The van der Waals surface area contributed by atoms with Crippen molar-refractivity contribution < 1.29 is 14.7 Å². The highest BCUT2D eigenvalue weighted by molar-refractivity contribution is 6.14. The first-order valence-corrected chi connectivity index (χ1v) is 6.59. The van der Waals surface area contributed by atoms with Crippen LogP contribution in [-0.2, 0) is 4.79 Å². The van der Waals surface area contributed by atoms with Crippen LogP contribution in [0.1, 0.15) is 11.6 Å². The highest BCUT2D eigenvalue weighted by Gasteiger charge is 2.46. The van der Waals surface area contributed by atoms with E-state index in [1.54, 1.807) is 36.4 Å². The molecule has 2 aromatic rings. The molecule has 1 N–H and O–H groups in total. The number of imide groups is 1. The van der Waals surface area contributed by atoms with Crippen molar-refractivity contribution in [2.45, 2.75) is 6.04 Å². The van der Waals surface area contributed by atoms with E-state index in [9.17, 15) is 14.7 Å². The smallest absolute Gasteiger partial charge is 0.334 e. The van der Waals surface area contributed by atoms with Crippen LogP contribution in [0.5, 0.6) is 0 Å². The molecule has 0 aromatic heterocycles. The highest BCUT2D eigenvalue weighted by Crippen LogP contribution is 2.34. The summed E-state index contributed by atoms with van der Waals surface area (Å²) < 4.78 is 0. The molecule has 2 aromatic carbocycles. The van der Waals surface area contributed by atoms with Crippen LogP contribution in [0, 0.1) is 0 Å². The van der Waals surface area contributed by atoms with Gasteiger partial charge in [-0.25, -0.2) is 9.69 Å². The van der Waals surface area contributed by atoms with Crippen LogP contribution in [0.15, 0.2) is 60.7 Å². The first-order valence-electron chi connectivity index (χ1n) is 6.59. The number of carbonyl (C=O) groups excluding carboxylic acids is 2. The Labute approximate surface area is 122 Å². The second kappa shape index (κ2) is 5.38. The van der Waals surface area contributed by atoms with Crippen molar-refractivity contribution in [1.29, 1.82) is 0 Å². The van der Waals surface area contributed by atoms with Crippen LogP contribution in [0.2, 0.25) is 0 Å². The van der Waals surface area contributed by atoms with Gasteiger partial charge in [-0.05, 0) is 17.7 Å². The molecule has 0 radical (unpaired) electrons. The van der Waals surface area contributed by atoms with E-state index >= 15 is 0 Å². The molecule has 1 saturated heterocycles. The Hall–Kier alpha value is -2.66. The summed E-state index contributed by atoms with van der Waals surface area (Å²) in [6.07, 6.45) is 0. The van der Waals surface area contributed by atoms with E-state index in [-0.39, 0.29) is 0 Å². The van der Waals surface area contributed by atoms with Gasteiger partial charge in [-0.2, -0.15) is 0 Å². The summed E-state index contributed by atoms with van der Waals surface area (Å²) in [6, 6.07) is 16.8. The summed E-state index contributed by atoms with van der Waals surface area (Å²) in [5, 5.41) is 9.29. The van der Waals surface area contributed by atoms with E-state index in [1.807, 2.05) is 24.3 Å². The Morgan fingerprint density at radius 3 is 2.05 bits per heavy atom.